The van der Waals surface area contributed by atoms with Crippen LogP contribution < -0.4 is 5.32 Å². The fraction of sp³-hybridized carbons (Fsp3) is 0.267. The van der Waals surface area contributed by atoms with E-state index in [-0.39, 0.29) is 38.5 Å². The normalized spacial score (nSPS) is 12.5. The molecular formula is C30H30N2O7. The van der Waals surface area contributed by atoms with Gasteiger partial charge in [-0.15, -0.1) is 0 Å². The van der Waals surface area contributed by atoms with Crippen molar-refractivity contribution in [3.8, 4) is 11.1 Å². The lowest BCUT2D eigenvalue weighted by atomic mass is 9.98. The highest BCUT2D eigenvalue weighted by Crippen LogP contribution is 2.44. The average Bonchev–Trinajstić information content (AvgIpc) is 3.27. The van der Waals surface area contributed by atoms with Gasteiger partial charge in [0.25, 0.3) is 0 Å². The number of hydrogen-bond donors (Lipinski definition) is 2. The first-order chi connectivity index (χ1) is 18.9. The highest BCUT2D eigenvalue weighted by molar-refractivity contribution is 5.89. The van der Waals surface area contributed by atoms with E-state index in [1.807, 2.05) is 54.6 Å². The van der Waals surface area contributed by atoms with Gasteiger partial charge in [0.15, 0.2) is 0 Å². The lowest BCUT2D eigenvalue weighted by Gasteiger charge is -2.27. The Morgan fingerprint density at radius 1 is 0.897 bits per heavy atom. The molecule has 4 rings (SSSR count). The Labute approximate surface area is 226 Å². The monoisotopic (exact) mass is 530 g/mol. The fourth-order valence-corrected chi connectivity index (χ4v) is 4.76. The molecule has 0 fully saturated rings. The first kappa shape index (κ1) is 27.4. The number of methoxy groups -OCH3 is 1. The van der Waals surface area contributed by atoms with Gasteiger partial charge in [-0.25, -0.2) is 4.79 Å². The zero-order valence-electron chi connectivity index (χ0n) is 21.5. The molecule has 3 aromatic rings. The molecule has 2 N–H and O–H groups in total. The number of amides is 2. The Kier molecular flexibility index (Phi) is 8.94. The number of rotatable bonds is 11. The first-order valence-corrected chi connectivity index (χ1v) is 12.6. The molecule has 1 atom stereocenters. The van der Waals surface area contributed by atoms with Crippen LogP contribution in [0.2, 0.25) is 0 Å². The number of ether oxygens (including phenoxy) is 2. The number of fused-ring (bicyclic) bond motifs is 3. The quantitative estimate of drug-likeness (QED) is 0.360. The lowest BCUT2D eigenvalue weighted by Crippen LogP contribution is -2.50. The van der Waals surface area contributed by atoms with Crippen molar-refractivity contribution in [3.05, 3.63) is 95.6 Å². The summed E-state index contributed by atoms with van der Waals surface area (Å²) in [5.41, 5.74) is 4.99. The minimum atomic E-state index is -1.22. The van der Waals surface area contributed by atoms with Crippen molar-refractivity contribution in [1.29, 1.82) is 0 Å². The van der Waals surface area contributed by atoms with E-state index < -0.39 is 30.0 Å². The summed E-state index contributed by atoms with van der Waals surface area (Å²) in [6.45, 7) is -0.250. The Bertz CT molecular complexity index is 1300. The summed E-state index contributed by atoms with van der Waals surface area (Å²) in [5.74, 6) is -2.55. The summed E-state index contributed by atoms with van der Waals surface area (Å²) in [6.07, 6.45) is -1.39. The van der Waals surface area contributed by atoms with Crippen molar-refractivity contribution in [2.45, 2.75) is 31.3 Å². The van der Waals surface area contributed by atoms with Crippen LogP contribution in [-0.2, 0) is 30.4 Å². The van der Waals surface area contributed by atoms with Crippen LogP contribution in [0.1, 0.15) is 35.4 Å². The number of carbonyl (C=O) groups is 4. The number of aliphatic carboxylic acids is 1. The molecule has 3 aromatic carbocycles. The number of hydrogen-bond acceptors (Lipinski definition) is 6. The van der Waals surface area contributed by atoms with Crippen molar-refractivity contribution in [1.82, 2.24) is 10.2 Å². The molecule has 9 nitrogen and oxygen atoms in total. The lowest BCUT2D eigenvalue weighted by molar-refractivity contribution is -0.148. The van der Waals surface area contributed by atoms with Crippen molar-refractivity contribution >= 4 is 23.9 Å². The van der Waals surface area contributed by atoms with Gasteiger partial charge < -0.3 is 24.8 Å². The smallest absolute Gasteiger partial charge is 0.407 e. The van der Waals surface area contributed by atoms with Gasteiger partial charge in [0.05, 0.1) is 7.11 Å². The molecule has 9 heteroatoms. The van der Waals surface area contributed by atoms with E-state index in [4.69, 9.17) is 9.47 Å². The first-order valence-electron chi connectivity index (χ1n) is 12.6. The van der Waals surface area contributed by atoms with E-state index in [1.54, 1.807) is 24.3 Å². The Morgan fingerprint density at radius 3 is 2.08 bits per heavy atom. The van der Waals surface area contributed by atoms with Crippen molar-refractivity contribution in [2.24, 2.45) is 0 Å². The van der Waals surface area contributed by atoms with Crippen molar-refractivity contribution in [2.75, 3.05) is 20.3 Å². The largest absolute Gasteiger partial charge is 0.481 e. The van der Waals surface area contributed by atoms with Gasteiger partial charge in [0.1, 0.15) is 19.2 Å². The molecule has 0 saturated carbocycles. The van der Waals surface area contributed by atoms with Crippen molar-refractivity contribution < 1.29 is 33.8 Å². The van der Waals surface area contributed by atoms with Gasteiger partial charge in [-0.2, -0.15) is 0 Å². The summed E-state index contributed by atoms with van der Waals surface area (Å²) in [5, 5.41) is 11.8. The van der Waals surface area contributed by atoms with E-state index >= 15 is 0 Å². The van der Waals surface area contributed by atoms with Crippen LogP contribution in [-0.4, -0.2) is 60.2 Å². The molecule has 0 aliphatic heterocycles. The van der Waals surface area contributed by atoms with E-state index in [9.17, 15) is 24.3 Å². The van der Waals surface area contributed by atoms with Gasteiger partial charge in [-0.05, 0) is 34.2 Å². The molecule has 1 unspecified atom stereocenters. The summed E-state index contributed by atoms with van der Waals surface area (Å²) in [4.78, 5) is 51.0. The van der Waals surface area contributed by atoms with Crippen LogP contribution in [0.4, 0.5) is 4.79 Å². The maximum atomic E-state index is 13.5. The summed E-state index contributed by atoms with van der Waals surface area (Å²) < 4.78 is 10.3. The minimum absolute atomic E-state index is 0.0373. The van der Waals surface area contributed by atoms with Crippen LogP contribution in [0.25, 0.3) is 11.1 Å². The second-order valence-electron chi connectivity index (χ2n) is 9.21. The van der Waals surface area contributed by atoms with Gasteiger partial charge >= 0.3 is 18.0 Å². The Morgan fingerprint density at radius 2 is 1.49 bits per heavy atom. The number of nitrogens with one attached hydrogen (secondary N) is 1. The molecule has 1 aliphatic carbocycles. The summed E-state index contributed by atoms with van der Waals surface area (Å²) >= 11 is 0. The topological polar surface area (TPSA) is 122 Å². The third-order valence-electron chi connectivity index (χ3n) is 6.66. The standard InChI is InChI=1S/C30H30N2O7/c1-38-28(35)18-32(17-20-9-3-2-4-10-20)29(36)26(15-16-27(33)34)31-30(37)39-19-25-23-13-7-5-11-21(23)22-12-6-8-14-24(22)25/h2-14,25-26H,15-19H2,1H3,(H,31,37)(H,33,34). The van der Waals surface area contributed by atoms with Crippen LogP contribution in [0.3, 0.4) is 0 Å². The maximum absolute atomic E-state index is 13.5. The van der Waals surface area contributed by atoms with E-state index in [1.165, 1.54) is 12.0 Å². The number of carboxylic acid groups (broad SMARTS) is 1. The fourth-order valence-electron chi connectivity index (χ4n) is 4.76. The van der Waals surface area contributed by atoms with Crippen LogP contribution in [0.5, 0.6) is 0 Å². The second kappa shape index (κ2) is 12.7. The van der Waals surface area contributed by atoms with E-state index in [2.05, 4.69) is 5.32 Å². The molecule has 39 heavy (non-hydrogen) atoms. The van der Waals surface area contributed by atoms with Crippen LogP contribution in [0.15, 0.2) is 78.9 Å². The predicted molar refractivity (Wildman–Crippen MR) is 143 cm³/mol. The maximum Gasteiger partial charge on any atom is 0.407 e. The molecule has 0 aromatic heterocycles. The third-order valence-corrected chi connectivity index (χ3v) is 6.66. The molecule has 0 spiro atoms. The molecule has 1 aliphatic rings. The molecule has 0 saturated heterocycles. The van der Waals surface area contributed by atoms with Crippen LogP contribution in [0, 0.1) is 0 Å². The highest BCUT2D eigenvalue weighted by Gasteiger charge is 2.31. The summed E-state index contributed by atoms with van der Waals surface area (Å²) in [7, 11) is 1.21. The number of benzene rings is 3. The number of carbonyl (C=O) groups excluding carboxylic acids is 3. The summed E-state index contributed by atoms with van der Waals surface area (Å²) in [6, 6.07) is 23.6. The third kappa shape index (κ3) is 6.81. The SMILES string of the molecule is COC(=O)CN(Cc1ccccc1)C(=O)C(CCC(=O)O)NC(=O)OCC1c2ccccc2-c2ccccc21. The molecule has 0 heterocycles. The average molecular weight is 531 g/mol. The molecule has 0 bridgehead atoms. The predicted octanol–water partition coefficient (Wildman–Crippen LogP) is 3.96. The van der Waals surface area contributed by atoms with E-state index in [0.717, 1.165) is 27.8 Å². The van der Waals surface area contributed by atoms with E-state index in [0.29, 0.717) is 0 Å². The number of carboxylic acids is 1. The molecule has 2 amide bonds. The van der Waals surface area contributed by atoms with Crippen LogP contribution >= 0.6 is 0 Å². The zero-order chi connectivity index (χ0) is 27.8. The minimum Gasteiger partial charge on any atom is -0.481 e. The number of nitrogens with zero attached hydrogens (tertiary/aromatic N) is 1. The van der Waals surface area contributed by atoms with Gasteiger partial charge in [-0.3, -0.25) is 14.4 Å². The number of alkyl carbamates (subject to hydrolysis) is 1. The number of esters is 1. The van der Waals surface area contributed by atoms with Gasteiger partial charge in [0.2, 0.25) is 5.91 Å². The molecule has 202 valence electrons. The second-order valence-corrected chi connectivity index (χ2v) is 9.21. The Hall–Kier alpha value is -4.66. The van der Waals surface area contributed by atoms with Crippen molar-refractivity contribution in [3.63, 3.8) is 0 Å². The Balaban J connectivity index is 1.48. The highest BCUT2D eigenvalue weighted by atomic mass is 16.5. The molecular weight excluding hydrogens is 500 g/mol. The van der Waals surface area contributed by atoms with Gasteiger partial charge in [0, 0.05) is 18.9 Å². The molecule has 0 radical (unpaired) electrons. The zero-order valence-corrected chi connectivity index (χ0v) is 21.5. The van der Waals surface area contributed by atoms with Gasteiger partial charge in [-0.1, -0.05) is 78.9 Å².